The van der Waals surface area contributed by atoms with Crippen LogP contribution in [0.3, 0.4) is 0 Å². The van der Waals surface area contributed by atoms with Gasteiger partial charge in [-0.15, -0.1) is 12.4 Å². The third kappa shape index (κ3) is 2.59. The zero-order chi connectivity index (χ0) is 9.26. The maximum atomic E-state index is 12.5. The molecule has 0 bridgehead atoms. The van der Waals surface area contributed by atoms with Crippen molar-refractivity contribution in [3.63, 3.8) is 0 Å². The molecule has 1 fully saturated rings. The van der Waals surface area contributed by atoms with Gasteiger partial charge < -0.3 is 10.5 Å². The topological polar surface area (TPSA) is 35.2 Å². The van der Waals surface area contributed by atoms with Crippen LogP contribution >= 0.6 is 12.4 Å². The largest absolute Gasteiger partial charge is 0.490 e. The van der Waals surface area contributed by atoms with Crippen LogP contribution in [0.4, 0.5) is 4.39 Å². The van der Waals surface area contributed by atoms with Crippen LogP contribution in [-0.2, 0) is 0 Å². The molecule has 0 unspecified atom stereocenters. The maximum Gasteiger partial charge on any atom is 0.123 e. The summed E-state index contributed by atoms with van der Waals surface area (Å²) in [6.45, 7) is 0. The van der Waals surface area contributed by atoms with Crippen LogP contribution in [0.2, 0.25) is 0 Å². The van der Waals surface area contributed by atoms with Crippen LogP contribution < -0.4 is 10.5 Å². The summed E-state index contributed by atoms with van der Waals surface area (Å²) in [6, 6.07) is 6.35. The minimum absolute atomic E-state index is 0. The second-order valence-electron chi connectivity index (χ2n) is 3.43. The summed E-state index contributed by atoms with van der Waals surface area (Å²) in [4.78, 5) is 0. The van der Waals surface area contributed by atoms with Crippen molar-refractivity contribution in [3.8, 4) is 5.75 Å². The van der Waals surface area contributed by atoms with E-state index in [1.54, 1.807) is 12.1 Å². The lowest BCUT2D eigenvalue weighted by molar-refractivity contribution is 0.101. The van der Waals surface area contributed by atoms with E-state index in [9.17, 15) is 4.39 Å². The molecule has 1 aromatic rings. The van der Waals surface area contributed by atoms with Crippen LogP contribution in [0, 0.1) is 5.82 Å². The first-order valence-electron chi connectivity index (χ1n) is 4.42. The fourth-order valence-electron chi connectivity index (χ4n) is 1.41. The molecule has 0 atom stereocenters. The van der Waals surface area contributed by atoms with Crippen molar-refractivity contribution in [3.05, 3.63) is 30.1 Å². The normalized spacial score (nSPS) is 24.7. The molecular weight excluding hydrogens is 205 g/mol. The van der Waals surface area contributed by atoms with Crippen molar-refractivity contribution in [2.75, 3.05) is 0 Å². The van der Waals surface area contributed by atoms with Gasteiger partial charge in [0.15, 0.2) is 0 Å². The van der Waals surface area contributed by atoms with Gasteiger partial charge in [0.2, 0.25) is 0 Å². The molecule has 0 heterocycles. The van der Waals surface area contributed by atoms with Gasteiger partial charge in [-0.2, -0.15) is 0 Å². The molecule has 14 heavy (non-hydrogen) atoms. The van der Waals surface area contributed by atoms with Crippen molar-refractivity contribution in [1.82, 2.24) is 0 Å². The Hall–Kier alpha value is -0.800. The van der Waals surface area contributed by atoms with Crippen molar-refractivity contribution >= 4 is 12.4 Å². The number of hydrogen-bond donors (Lipinski definition) is 1. The molecule has 0 radical (unpaired) electrons. The highest BCUT2D eigenvalue weighted by molar-refractivity contribution is 5.85. The number of benzene rings is 1. The van der Waals surface area contributed by atoms with E-state index in [0.29, 0.717) is 0 Å². The van der Waals surface area contributed by atoms with Gasteiger partial charge >= 0.3 is 0 Å². The van der Waals surface area contributed by atoms with Crippen molar-refractivity contribution in [2.24, 2.45) is 5.73 Å². The van der Waals surface area contributed by atoms with E-state index in [1.807, 2.05) is 0 Å². The molecule has 0 spiro atoms. The zero-order valence-corrected chi connectivity index (χ0v) is 8.47. The number of ether oxygens (including phenoxy) is 1. The van der Waals surface area contributed by atoms with Gasteiger partial charge in [-0.1, -0.05) is 0 Å². The average molecular weight is 218 g/mol. The monoisotopic (exact) mass is 217 g/mol. The Bertz CT molecular complexity index is 285. The van der Waals surface area contributed by atoms with Crippen molar-refractivity contribution < 1.29 is 9.13 Å². The standard InChI is InChI=1S/C10H12FNO.ClH/c11-7-1-3-9(4-2-7)13-10-5-8(12)6-10;/h1-4,8,10H,5-6,12H2;1H. The first kappa shape index (κ1) is 11.3. The highest BCUT2D eigenvalue weighted by atomic mass is 35.5. The Labute approximate surface area is 88.7 Å². The van der Waals surface area contributed by atoms with Crippen LogP contribution in [0.15, 0.2) is 24.3 Å². The van der Waals surface area contributed by atoms with Gasteiger partial charge in [-0.05, 0) is 37.1 Å². The Morgan fingerprint density at radius 2 is 1.79 bits per heavy atom. The average Bonchev–Trinajstić information content (AvgIpc) is 2.06. The van der Waals surface area contributed by atoms with Crippen LogP contribution in [0.25, 0.3) is 0 Å². The van der Waals surface area contributed by atoms with Crippen molar-refractivity contribution in [2.45, 2.75) is 25.0 Å². The van der Waals surface area contributed by atoms with Crippen molar-refractivity contribution in [1.29, 1.82) is 0 Å². The molecule has 0 saturated heterocycles. The summed E-state index contributed by atoms with van der Waals surface area (Å²) in [6.07, 6.45) is 2.02. The van der Waals surface area contributed by atoms with E-state index < -0.39 is 0 Å². The molecule has 0 aromatic heterocycles. The molecule has 78 valence electrons. The first-order valence-corrected chi connectivity index (χ1v) is 4.42. The van der Waals surface area contributed by atoms with E-state index >= 15 is 0 Å². The SMILES string of the molecule is Cl.NC1CC(Oc2ccc(F)cc2)C1. The van der Waals surface area contributed by atoms with Crippen LogP contribution in [0.1, 0.15) is 12.8 Å². The lowest BCUT2D eigenvalue weighted by atomic mass is 9.90. The maximum absolute atomic E-state index is 12.5. The third-order valence-electron chi connectivity index (χ3n) is 2.25. The minimum atomic E-state index is -0.238. The molecule has 2 rings (SSSR count). The van der Waals surface area contributed by atoms with Gasteiger partial charge in [-0.3, -0.25) is 0 Å². The van der Waals surface area contributed by atoms with Gasteiger partial charge in [0.05, 0.1) is 0 Å². The van der Waals surface area contributed by atoms with Crippen LogP contribution in [-0.4, -0.2) is 12.1 Å². The predicted molar refractivity (Wildman–Crippen MR) is 55.3 cm³/mol. The second-order valence-corrected chi connectivity index (χ2v) is 3.43. The molecular formula is C10H13ClFNO. The molecule has 1 saturated carbocycles. The number of halogens is 2. The smallest absolute Gasteiger partial charge is 0.123 e. The summed E-state index contributed by atoms with van der Waals surface area (Å²) >= 11 is 0. The summed E-state index contributed by atoms with van der Waals surface area (Å²) < 4.78 is 18.0. The fourth-order valence-corrected chi connectivity index (χ4v) is 1.41. The summed E-state index contributed by atoms with van der Waals surface area (Å²) in [5, 5.41) is 0. The van der Waals surface area contributed by atoms with Gasteiger partial charge in [0.1, 0.15) is 17.7 Å². The van der Waals surface area contributed by atoms with Gasteiger partial charge in [-0.25, -0.2) is 4.39 Å². The first-order chi connectivity index (χ1) is 6.24. The molecule has 2 N–H and O–H groups in total. The minimum Gasteiger partial charge on any atom is -0.490 e. The predicted octanol–water partition coefficient (Wildman–Crippen LogP) is 2.12. The molecule has 0 aliphatic heterocycles. The Morgan fingerprint density at radius 1 is 1.21 bits per heavy atom. The van der Waals surface area contributed by atoms with E-state index in [2.05, 4.69) is 0 Å². The molecule has 2 nitrogen and oxygen atoms in total. The molecule has 1 aliphatic rings. The molecule has 1 aliphatic carbocycles. The Balaban J connectivity index is 0.000000980. The highest BCUT2D eigenvalue weighted by Gasteiger charge is 2.27. The van der Waals surface area contributed by atoms with Gasteiger partial charge in [0.25, 0.3) is 0 Å². The third-order valence-corrected chi connectivity index (χ3v) is 2.25. The van der Waals surface area contributed by atoms with E-state index in [4.69, 9.17) is 10.5 Å². The van der Waals surface area contributed by atoms with Crippen LogP contribution in [0.5, 0.6) is 5.75 Å². The summed E-state index contributed by atoms with van der Waals surface area (Å²) in [5.41, 5.74) is 5.61. The van der Waals surface area contributed by atoms with E-state index in [-0.39, 0.29) is 30.4 Å². The molecule has 4 heteroatoms. The Morgan fingerprint density at radius 3 is 2.29 bits per heavy atom. The lowest BCUT2D eigenvalue weighted by Gasteiger charge is -2.32. The zero-order valence-electron chi connectivity index (χ0n) is 7.65. The quantitative estimate of drug-likeness (QED) is 0.824. The summed E-state index contributed by atoms with van der Waals surface area (Å²) in [7, 11) is 0. The second kappa shape index (κ2) is 4.62. The Kier molecular flexibility index (Phi) is 3.72. The summed E-state index contributed by atoms with van der Waals surface area (Å²) in [5.74, 6) is 0.482. The molecule has 1 aromatic carbocycles. The van der Waals surface area contributed by atoms with E-state index in [0.717, 1.165) is 18.6 Å². The van der Waals surface area contributed by atoms with Gasteiger partial charge in [0, 0.05) is 6.04 Å². The number of hydrogen-bond acceptors (Lipinski definition) is 2. The lowest BCUT2D eigenvalue weighted by Crippen LogP contribution is -2.43. The fraction of sp³-hybridized carbons (Fsp3) is 0.400. The number of nitrogens with two attached hydrogens (primary N) is 1. The van der Waals surface area contributed by atoms with E-state index in [1.165, 1.54) is 12.1 Å². The molecule has 0 amide bonds. The number of rotatable bonds is 2. The highest BCUT2D eigenvalue weighted by Crippen LogP contribution is 2.24.